The van der Waals surface area contributed by atoms with Crippen molar-refractivity contribution >= 4 is 23.3 Å². The largest absolute Gasteiger partial charge is 0.480 e. The van der Waals surface area contributed by atoms with Gasteiger partial charge in [-0.05, 0) is 17.9 Å². The minimum absolute atomic E-state index is 0.0167. The topological polar surface area (TPSA) is 69.6 Å². The van der Waals surface area contributed by atoms with E-state index in [-0.39, 0.29) is 6.54 Å². The van der Waals surface area contributed by atoms with E-state index >= 15 is 0 Å². The van der Waals surface area contributed by atoms with Crippen molar-refractivity contribution in [3.63, 3.8) is 0 Å². The summed E-state index contributed by atoms with van der Waals surface area (Å²) in [6, 6.07) is 3.47. The van der Waals surface area contributed by atoms with E-state index in [2.05, 4.69) is 11.2 Å². The van der Waals surface area contributed by atoms with Gasteiger partial charge in [0, 0.05) is 11.4 Å². The molecule has 1 rings (SSSR count). The van der Waals surface area contributed by atoms with Gasteiger partial charge in [-0.1, -0.05) is 12.0 Å². The highest BCUT2D eigenvalue weighted by atomic mass is 32.1. The van der Waals surface area contributed by atoms with Gasteiger partial charge < -0.3 is 15.3 Å². The molecule has 0 aromatic carbocycles. The molecule has 1 aromatic heterocycles. The van der Waals surface area contributed by atoms with Crippen LogP contribution < -0.4 is 5.32 Å². The van der Waals surface area contributed by atoms with Crippen LogP contribution in [0.1, 0.15) is 4.88 Å². The number of nitrogens with one attached hydrogen (secondary N) is 1. The van der Waals surface area contributed by atoms with Crippen LogP contribution in [0.2, 0.25) is 0 Å². The van der Waals surface area contributed by atoms with Crippen LogP contribution in [0.3, 0.4) is 0 Å². The molecule has 96 valence electrons. The lowest BCUT2D eigenvalue weighted by molar-refractivity contribution is -0.137. The lowest BCUT2D eigenvalue weighted by Gasteiger charge is -2.18. The van der Waals surface area contributed by atoms with Crippen molar-refractivity contribution in [2.24, 2.45) is 0 Å². The Kier molecular flexibility index (Phi) is 5.74. The van der Waals surface area contributed by atoms with Crippen molar-refractivity contribution in [2.45, 2.75) is 6.42 Å². The number of carboxylic acids is 1. The Morgan fingerprint density at radius 2 is 2.33 bits per heavy atom. The second-order valence-electron chi connectivity index (χ2n) is 3.52. The van der Waals surface area contributed by atoms with Gasteiger partial charge >= 0.3 is 12.0 Å². The first-order valence-electron chi connectivity index (χ1n) is 5.34. The lowest BCUT2D eigenvalue weighted by atomic mass is 10.3. The number of rotatable bonds is 6. The van der Waals surface area contributed by atoms with Gasteiger partial charge in [0.2, 0.25) is 0 Å². The van der Waals surface area contributed by atoms with Crippen LogP contribution in [0.15, 0.2) is 17.5 Å². The molecule has 0 bridgehead atoms. The molecule has 2 amide bonds. The first kappa shape index (κ1) is 14.1. The van der Waals surface area contributed by atoms with Crippen molar-refractivity contribution in [1.29, 1.82) is 0 Å². The average molecular weight is 266 g/mol. The van der Waals surface area contributed by atoms with Crippen LogP contribution in [-0.2, 0) is 11.2 Å². The normalized spacial score (nSPS) is 9.50. The van der Waals surface area contributed by atoms with E-state index in [9.17, 15) is 9.59 Å². The molecular weight excluding hydrogens is 252 g/mol. The Morgan fingerprint density at radius 3 is 2.89 bits per heavy atom. The van der Waals surface area contributed by atoms with Gasteiger partial charge in [0.25, 0.3) is 0 Å². The molecule has 0 aliphatic rings. The van der Waals surface area contributed by atoms with Crippen molar-refractivity contribution in [3.8, 4) is 12.3 Å². The van der Waals surface area contributed by atoms with E-state index in [1.165, 1.54) is 0 Å². The maximum Gasteiger partial charge on any atom is 0.323 e. The van der Waals surface area contributed by atoms with E-state index in [1.54, 1.807) is 11.3 Å². The van der Waals surface area contributed by atoms with Crippen molar-refractivity contribution < 1.29 is 14.7 Å². The van der Waals surface area contributed by atoms with E-state index in [1.807, 2.05) is 17.5 Å². The molecule has 0 fully saturated rings. The van der Waals surface area contributed by atoms with Crippen LogP contribution >= 0.6 is 11.3 Å². The van der Waals surface area contributed by atoms with Gasteiger partial charge in [-0.2, -0.15) is 0 Å². The molecule has 18 heavy (non-hydrogen) atoms. The molecule has 0 unspecified atom stereocenters. The first-order valence-corrected chi connectivity index (χ1v) is 6.22. The molecule has 1 aromatic rings. The zero-order valence-corrected chi connectivity index (χ0v) is 10.6. The molecule has 5 nitrogen and oxygen atoms in total. The number of carbonyl (C=O) groups is 2. The summed E-state index contributed by atoms with van der Waals surface area (Å²) in [6.45, 7) is 0.0478. The zero-order chi connectivity index (χ0) is 13.4. The highest BCUT2D eigenvalue weighted by molar-refractivity contribution is 7.09. The summed E-state index contributed by atoms with van der Waals surface area (Å²) in [6.07, 6.45) is 5.81. The predicted molar refractivity (Wildman–Crippen MR) is 69.5 cm³/mol. The van der Waals surface area contributed by atoms with Gasteiger partial charge in [0.15, 0.2) is 0 Å². The van der Waals surface area contributed by atoms with Crippen LogP contribution in [0.25, 0.3) is 0 Å². The Balaban J connectivity index is 2.36. The second-order valence-corrected chi connectivity index (χ2v) is 4.55. The standard InChI is InChI=1S/C12H14N2O3S/c1-2-7-14(9-11(15)16)12(17)13-6-5-10-4-3-8-18-10/h1,3-4,8H,5-7,9H2,(H,13,17)(H,15,16). The number of hydrogen-bond acceptors (Lipinski definition) is 3. The van der Waals surface area contributed by atoms with Gasteiger partial charge in [0.05, 0.1) is 6.54 Å². The van der Waals surface area contributed by atoms with E-state index < -0.39 is 18.5 Å². The highest BCUT2D eigenvalue weighted by Gasteiger charge is 2.14. The van der Waals surface area contributed by atoms with Gasteiger partial charge in [0.1, 0.15) is 6.54 Å². The summed E-state index contributed by atoms with van der Waals surface area (Å²) in [5.41, 5.74) is 0. The predicted octanol–water partition coefficient (Wildman–Crippen LogP) is 1.02. The third-order valence-electron chi connectivity index (χ3n) is 2.12. The molecule has 0 saturated carbocycles. The molecular formula is C12H14N2O3S. The number of nitrogens with zero attached hydrogens (tertiary/aromatic N) is 1. The third kappa shape index (κ3) is 4.89. The van der Waals surface area contributed by atoms with Crippen LogP contribution in [0.5, 0.6) is 0 Å². The number of terminal acetylenes is 1. The van der Waals surface area contributed by atoms with E-state index in [0.717, 1.165) is 16.2 Å². The van der Waals surface area contributed by atoms with E-state index in [4.69, 9.17) is 11.5 Å². The number of hydrogen-bond donors (Lipinski definition) is 2. The van der Waals surface area contributed by atoms with Crippen LogP contribution in [0, 0.1) is 12.3 Å². The fraction of sp³-hybridized carbons (Fsp3) is 0.333. The first-order chi connectivity index (χ1) is 8.63. The SMILES string of the molecule is C#CCN(CC(=O)O)C(=O)NCCc1cccs1. The van der Waals surface area contributed by atoms with Crippen molar-refractivity contribution in [3.05, 3.63) is 22.4 Å². The molecule has 0 saturated heterocycles. The average Bonchev–Trinajstić information content (AvgIpc) is 2.81. The number of carbonyl (C=O) groups excluding carboxylic acids is 1. The lowest BCUT2D eigenvalue weighted by Crippen LogP contribution is -2.43. The third-order valence-corrected chi connectivity index (χ3v) is 3.06. The molecule has 2 N–H and O–H groups in total. The molecule has 0 radical (unpaired) electrons. The minimum Gasteiger partial charge on any atom is -0.480 e. The van der Waals surface area contributed by atoms with Crippen LogP contribution in [0.4, 0.5) is 4.79 Å². The number of amides is 2. The van der Waals surface area contributed by atoms with Crippen LogP contribution in [-0.4, -0.2) is 41.6 Å². The maximum atomic E-state index is 11.7. The molecule has 1 heterocycles. The summed E-state index contributed by atoms with van der Waals surface area (Å²) in [5.74, 6) is 1.18. The maximum absolute atomic E-state index is 11.7. The Hall–Kier alpha value is -2.00. The number of urea groups is 1. The molecule has 0 atom stereocenters. The van der Waals surface area contributed by atoms with Crippen molar-refractivity contribution in [2.75, 3.05) is 19.6 Å². The molecule has 6 heteroatoms. The zero-order valence-electron chi connectivity index (χ0n) is 9.76. The quantitative estimate of drug-likeness (QED) is 0.755. The molecule has 0 spiro atoms. The Labute approximate surface area is 109 Å². The summed E-state index contributed by atoms with van der Waals surface area (Å²) >= 11 is 1.61. The molecule has 0 aliphatic carbocycles. The highest BCUT2D eigenvalue weighted by Crippen LogP contribution is 2.08. The smallest absolute Gasteiger partial charge is 0.323 e. The fourth-order valence-electron chi connectivity index (χ4n) is 1.33. The summed E-state index contributed by atoms with van der Waals surface area (Å²) in [7, 11) is 0. The second kappa shape index (κ2) is 7.35. The Bertz CT molecular complexity index is 437. The minimum atomic E-state index is -1.08. The van der Waals surface area contributed by atoms with E-state index in [0.29, 0.717) is 6.54 Å². The summed E-state index contributed by atoms with van der Waals surface area (Å²) in [5, 5.41) is 13.3. The number of thiophene rings is 1. The monoisotopic (exact) mass is 266 g/mol. The molecule has 0 aliphatic heterocycles. The van der Waals surface area contributed by atoms with Gasteiger partial charge in [-0.25, -0.2) is 4.79 Å². The fourth-order valence-corrected chi connectivity index (χ4v) is 2.04. The number of aliphatic carboxylic acids is 1. The summed E-state index contributed by atoms with van der Waals surface area (Å²) in [4.78, 5) is 24.5. The van der Waals surface area contributed by atoms with Crippen molar-refractivity contribution in [1.82, 2.24) is 10.2 Å². The van der Waals surface area contributed by atoms with Gasteiger partial charge in [-0.3, -0.25) is 4.79 Å². The van der Waals surface area contributed by atoms with Gasteiger partial charge in [-0.15, -0.1) is 17.8 Å². The Morgan fingerprint density at radius 1 is 1.56 bits per heavy atom. The summed E-state index contributed by atoms with van der Waals surface area (Å²) < 4.78 is 0. The number of carboxylic acid groups (broad SMARTS) is 1.